The Hall–Kier alpha value is -2.29. The quantitative estimate of drug-likeness (QED) is 0.727. The first kappa shape index (κ1) is 15.9. The number of fused-ring (bicyclic) bond motifs is 3. The van der Waals surface area contributed by atoms with Gasteiger partial charge in [-0.1, -0.05) is 0 Å². The molecule has 3 fully saturated rings. The van der Waals surface area contributed by atoms with Crippen molar-refractivity contribution >= 4 is 22.7 Å². The molecule has 138 valence electrons. The summed E-state index contributed by atoms with van der Waals surface area (Å²) in [5.41, 5.74) is -0.366. The molecule has 1 aromatic carbocycles. The Balaban J connectivity index is 1.36. The van der Waals surface area contributed by atoms with Gasteiger partial charge in [0.15, 0.2) is 11.8 Å². The zero-order chi connectivity index (χ0) is 17.9. The lowest BCUT2D eigenvalue weighted by molar-refractivity contribution is -0.137. The lowest BCUT2D eigenvalue weighted by atomic mass is 9.73. The molecule has 1 aromatic heterocycles. The summed E-state index contributed by atoms with van der Waals surface area (Å²) in [6.07, 6.45) is -2.01. The van der Waals surface area contributed by atoms with E-state index >= 15 is 0 Å². The molecule has 0 amide bonds. The Morgan fingerprint density at radius 1 is 1.23 bits per heavy atom. The number of nitrogens with one attached hydrogen (secondary N) is 3. The van der Waals surface area contributed by atoms with Crippen molar-refractivity contribution in [1.29, 1.82) is 0 Å². The number of aromatic amines is 1. The number of halogens is 3. The molecule has 2 aromatic rings. The van der Waals surface area contributed by atoms with Crippen LogP contribution in [0.3, 0.4) is 0 Å². The van der Waals surface area contributed by atoms with E-state index in [0.717, 1.165) is 38.3 Å². The van der Waals surface area contributed by atoms with Crippen LogP contribution in [0, 0.1) is 5.92 Å². The van der Waals surface area contributed by atoms with Crippen LogP contribution >= 0.6 is 0 Å². The number of nitrogens with zero attached hydrogens (tertiary/aromatic N) is 3. The Labute approximate surface area is 147 Å². The van der Waals surface area contributed by atoms with E-state index in [2.05, 4.69) is 30.7 Å². The standard InChI is InChI=1S/C17H19F3N6/c18-17(19,20)11-1-2-12-13(7-11)24-25-14(12)22-15-21-8-16(23-15)9-26-5-3-10(16)4-6-26/h1-2,7,10H,3-6,8-9H2,(H3,21,22,23,24,25). The highest BCUT2D eigenvalue weighted by atomic mass is 19.4. The van der Waals surface area contributed by atoms with Gasteiger partial charge in [0.25, 0.3) is 0 Å². The first-order chi connectivity index (χ1) is 12.4. The average Bonchev–Trinajstić information content (AvgIpc) is 3.20. The highest BCUT2D eigenvalue weighted by molar-refractivity contribution is 6.02. The number of guanidine groups is 1. The molecule has 2 bridgehead atoms. The number of rotatable bonds is 1. The lowest BCUT2D eigenvalue weighted by Crippen LogP contribution is -2.66. The van der Waals surface area contributed by atoms with Crippen LogP contribution in [-0.2, 0) is 6.18 Å². The second-order valence-corrected chi connectivity index (χ2v) is 7.45. The van der Waals surface area contributed by atoms with Crippen LogP contribution in [0.15, 0.2) is 23.2 Å². The number of benzene rings is 1. The fraction of sp³-hybridized carbons (Fsp3) is 0.529. The maximum absolute atomic E-state index is 12.8. The molecular formula is C17H19F3N6. The van der Waals surface area contributed by atoms with Gasteiger partial charge >= 0.3 is 6.18 Å². The molecular weight excluding hydrogens is 345 g/mol. The number of H-pyrrole nitrogens is 1. The number of alkyl halides is 3. The third-order valence-corrected chi connectivity index (χ3v) is 5.89. The van der Waals surface area contributed by atoms with Gasteiger partial charge in [0.1, 0.15) is 0 Å². The van der Waals surface area contributed by atoms with Gasteiger partial charge in [0.05, 0.1) is 23.2 Å². The molecule has 1 atom stereocenters. The molecule has 6 nitrogen and oxygen atoms in total. The molecule has 1 spiro atoms. The first-order valence-corrected chi connectivity index (χ1v) is 8.80. The largest absolute Gasteiger partial charge is 0.416 e. The Kier molecular flexibility index (Phi) is 3.28. The van der Waals surface area contributed by atoms with E-state index in [1.54, 1.807) is 0 Å². The predicted octanol–water partition coefficient (Wildman–Crippen LogP) is 2.42. The Morgan fingerprint density at radius 3 is 2.73 bits per heavy atom. The number of anilines is 1. The zero-order valence-electron chi connectivity index (χ0n) is 14.0. The van der Waals surface area contributed by atoms with Crippen LogP contribution in [0.1, 0.15) is 18.4 Å². The number of hydrogen-bond acceptors (Lipinski definition) is 5. The number of aromatic nitrogens is 2. The molecule has 0 aliphatic carbocycles. The fourth-order valence-corrected chi connectivity index (χ4v) is 4.50. The van der Waals surface area contributed by atoms with Crippen molar-refractivity contribution < 1.29 is 13.2 Å². The van der Waals surface area contributed by atoms with Gasteiger partial charge in [0.2, 0.25) is 0 Å². The van der Waals surface area contributed by atoms with E-state index in [-0.39, 0.29) is 5.54 Å². The fourth-order valence-electron chi connectivity index (χ4n) is 4.50. The van der Waals surface area contributed by atoms with Crippen molar-refractivity contribution in [3.63, 3.8) is 0 Å². The summed E-state index contributed by atoms with van der Waals surface area (Å²) in [7, 11) is 0. The van der Waals surface area contributed by atoms with Gasteiger partial charge in [0, 0.05) is 11.9 Å². The highest BCUT2D eigenvalue weighted by Gasteiger charge is 2.49. The Morgan fingerprint density at radius 2 is 2.04 bits per heavy atom. The van der Waals surface area contributed by atoms with Gasteiger partial charge in [-0.15, -0.1) is 0 Å². The van der Waals surface area contributed by atoms with E-state index in [1.165, 1.54) is 18.9 Å². The molecule has 5 heterocycles. The molecule has 0 saturated carbocycles. The summed E-state index contributed by atoms with van der Waals surface area (Å²) in [5.74, 6) is 1.74. The topological polar surface area (TPSA) is 68.3 Å². The third-order valence-electron chi connectivity index (χ3n) is 5.89. The summed E-state index contributed by atoms with van der Waals surface area (Å²) in [5, 5.41) is 14.1. The van der Waals surface area contributed by atoms with Crippen molar-refractivity contribution in [2.45, 2.75) is 24.6 Å². The molecule has 4 aliphatic heterocycles. The van der Waals surface area contributed by atoms with Crippen molar-refractivity contribution in [3.05, 3.63) is 23.8 Å². The summed E-state index contributed by atoms with van der Waals surface area (Å²) < 4.78 is 38.5. The van der Waals surface area contributed by atoms with Gasteiger partial charge in [-0.2, -0.15) is 18.3 Å². The summed E-state index contributed by atoms with van der Waals surface area (Å²) in [4.78, 5) is 7.07. The minimum absolute atomic E-state index is 0.0194. The molecule has 9 heteroatoms. The van der Waals surface area contributed by atoms with Crippen molar-refractivity contribution in [2.75, 3.05) is 31.5 Å². The van der Waals surface area contributed by atoms with Gasteiger partial charge < -0.3 is 15.5 Å². The minimum atomic E-state index is -4.37. The van der Waals surface area contributed by atoms with Crippen molar-refractivity contribution in [2.24, 2.45) is 10.9 Å². The number of piperidine rings is 3. The molecule has 3 N–H and O–H groups in total. The normalized spacial score (nSPS) is 30.7. The number of aliphatic imine (C=N–C) groups is 1. The summed E-state index contributed by atoms with van der Waals surface area (Å²) in [6.45, 7) is 4.02. The highest BCUT2D eigenvalue weighted by Crippen LogP contribution is 2.38. The van der Waals surface area contributed by atoms with Gasteiger partial charge in [-0.25, -0.2) is 0 Å². The smallest absolute Gasteiger partial charge is 0.347 e. The van der Waals surface area contributed by atoms with Crippen LogP contribution in [0.5, 0.6) is 0 Å². The van der Waals surface area contributed by atoms with E-state index < -0.39 is 11.7 Å². The van der Waals surface area contributed by atoms with Crippen molar-refractivity contribution in [1.82, 2.24) is 20.4 Å². The average molecular weight is 364 g/mol. The molecule has 6 rings (SSSR count). The zero-order valence-corrected chi connectivity index (χ0v) is 14.0. The van der Waals surface area contributed by atoms with Crippen LogP contribution in [0.25, 0.3) is 10.9 Å². The van der Waals surface area contributed by atoms with Crippen LogP contribution in [0.4, 0.5) is 19.0 Å². The minimum Gasteiger partial charge on any atom is -0.347 e. The summed E-state index contributed by atoms with van der Waals surface area (Å²) >= 11 is 0. The maximum Gasteiger partial charge on any atom is 0.416 e. The van der Waals surface area contributed by atoms with E-state index in [9.17, 15) is 13.2 Å². The SMILES string of the molecule is FC(F)(F)c1ccc2c(NC3=NCC4(CN5CCC4CC5)N3)n[nH]c2c1. The van der Waals surface area contributed by atoms with E-state index in [1.807, 2.05) is 0 Å². The molecule has 1 unspecified atom stereocenters. The summed E-state index contributed by atoms with van der Waals surface area (Å²) in [6, 6.07) is 3.58. The Bertz CT molecular complexity index is 880. The lowest BCUT2D eigenvalue weighted by Gasteiger charge is -2.51. The third kappa shape index (κ3) is 2.45. The predicted molar refractivity (Wildman–Crippen MR) is 92.1 cm³/mol. The van der Waals surface area contributed by atoms with E-state index in [0.29, 0.717) is 28.6 Å². The van der Waals surface area contributed by atoms with E-state index in [4.69, 9.17) is 0 Å². The second kappa shape index (κ2) is 5.35. The van der Waals surface area contributed by atoms with Crippen LogP contribution in [-0.4, -0.2) is 52.8 Å². The first-order valence-electron chi connectivity index (χ1n) is 8.80. The van der Waals surface area contributed by atoms with Crippen LogP contribution < -0.4 is 10.6 Å². The van der Waals surface area contributed by atoms with Gasteiger partial charge in [-0.3, -0.25) is 10.1 Å². The molecule has 0 radical (unpaired) electrons. The molecule has 4 aliphatic rings. The monoisotopic (exact) mass is 364 g/mol. The maximum atomic E-state index is 12.8. The molecule has 26 heavy (non-hydrogen) atoms. The van der Waals surface area contributed by atoms with Gasteiger partial charge in [-0.05, 0) is 50.0 Å². The van der Waals surface area contributed by atoms with Crippen molar-refractivity contribution in [3.8, 4) is 0 Å². The van der Waals surface area contributed by atoms with Crippen LogP contribution in [0.2, 0.25) is 0 Å². The molecule has 3 saturated heterocycles. The second-order valence-electron chi connectivity index (χ2n) is 7.45. The number of hydrogen-bond donors (Lipinski definition) is 3.